The van der Waals surface area contributed by atoms with Crippen molar-refractivity contribution >= 4 is 11.8 Å². The molecule has 0 amide bonds. The number of carboxylic acid groups (broad SMARTS) is 1. The van der Waals surface area contributed by atoms with Gasteiger partial charge in [0.15, 0.2) is 5.78 Å². The fourth-order valence-corrected chi connectivity index (χ4v) is 3.38. The Kier molecular flexibility index (Phi) is 7.22. The van der Waals surface area contributed by atoms with E-state index in [0.717, 1.165) is 12.8 Å². The first kappa shape index (κ1) is 20.7. The van der Waals surface area contributed by atoms with Crippen LogP contribution in [0.4, 0.5) is 0 Å². The highest BCUT2D eigenvalue weighted by Crippen LogP contribution is 2.25. The number of carbonyl (C=O) groups is 2. The highest BCUT2D eigenvalue weighted by atomic mass is 16.5. The lowest BCUT2D eigenvalue weighted by Crippen LogP contribution is -2.06. The van der Waals surface area contributed by atoms with Gasteiger partial charge in [-0.05, 0) is 38.0 Å². The second kappa shape index (κ2) is 9.40. The van der Waals surface area contributed by atoms with Gasteiger partial charge in [0.2, 0.25) is 0 Å². The Morgan fingerprint density at radius 2 is 1.81 bits per heavy atom. The smallest absolute Gasteiger partial charge is 0.352 e. The van der Waals surface area contributed by atoms with E-state index in [9.17, 15) is 14.7 Å². The molecule has 2 aromatic rings. The van der Waals surface area contributed by atoms with Gasteiger partial charge in [-0.2, -0.15) is 0 Å². The van der Waals surface area contributed by atoms with Crippen molar-refractivity contribution in [2.75, 3.05) is 6.61 Å². The molecule has 0 atom stereocenters. The molecule has 5 heteroatoms. The first-order chi connectivity index (χ1) is 12.9. The van der Waals surface area contributed by atoms with E-state index in [0.29, 0.717) is 34.7 Å². The van der Waals surface area contributed by atoms with Crippen LogP contribution in [0.2, 0.25) is 0 Å². The summed E-state index contributed by atoms with van der Waals surface area (Å²) in [7, 11) is 1.67. The molecule has 0 bridgehead atoms. The number of aromatic nitrogens is 1. The summed E-state index contributed by atoms with van der Waals surface area (Å²) in [5.74, 6) is -0.542. The monoisotopic (exact) mass is 371 g/mol. The Morgan fingerprint density at radius 1 is 1.11 bits per heavy atom. The first-order valence-electron chi connectivity index (χ1n) is 9.55. The molecule has 5 nitrogen and oxygen atoms in total. The fourth-order valence-electron chi connectivity index (χ4n) is 3.38. The van der Waals surface area contributed by atoms with Gasteiger partial charge >= 0.3 is 5.97 Å². The Hall–Kier alpha value is -2.56. The number of hydrogen-bond donors (Lipinski definition) is 1. The molecule has 1 N–H and O–H groups in total. The van der Waals surface area contributed by atoms with Gasteiger partial charge in [0.25, 0.3) is 0 Å². The standard InChI is InChI=1S/C22H29NO4/c1-5-6-7-8-9-13-27-18-12-10-11-17(14-18)21(24)19-15(2)20(22(25)26)23(4)16(19)3/h10-12,14H,5-9,13H2,1-4H3,(H,25,26). The van der Waals surface area contributed by atoms with E-state index in [1.807, 2.05) is 6.07 Å². The van der Waals surface area contributed by atoms with Crippen LogP contribution < -0.4 is 4.74 Å². The van der Waals surface area contributed by atoms with Gasteiger partial charge in [0.1, 0.15) is 11.4 Å². The Morgan fingerprint density at radius 3 is 2.44 bits per heavy atom. The lowest BCUT2D eigenvalue weighted by Gasteiger charge is -2.08. The molecule has 146 valence electrons. The van der Waals surface area contributed by atoms with Crippen LogP contribution in [0.3, 0.4) is 0 Å². The van der Waals surface area contributed by atoms with Crippen molar-refractivity contribution in [3.63, 3.8) is 0 Å². The number of benzene rings is 1. The van der Waals surface area contributed by atoms with Gasteiger partial charge in [0.05, 0.1) is 6.61 Å². The molecule has 0 saturated heterocycles. The molecule has 1 heterocycles. The average Bonchev–Trinajstić information content (AvgIpc) is 2.86. The predicted molar refractivity (Wildman–Crippen MR) is 106 cm³/mol. The quantitative estimate of drug-likeness (QED) is 0.475. The summed E-state index contributed by atoms with van der Waals surface area (Å²) in [6, 6.07) is 7.12. The van der Waals surface area contributed by atoms with Gasteiger partial charge in [0, 0.05) is 23.9 Å². The summed E-state index contributed by atoms with van der Waals surface area (Å²) in [5, 5.41) is 9.40. The summed E-state index contributed by atoms with van der Waals surface area (Å²) in [6.45, 7) is 6.27. The van der Waals surface area contributed by atoms with Crippen LogP contribution in [0.15, 0.2) is 24.3 Å². The normalized spacial score (nSPS) is 10.8. The lowest BCUT2D eigenvalue weighted by molar-refractivity contribution is 0.0685. The van der Waals surface area contributed by atoms with E-state index in [4.69, 9.17) is 4.74 Å². The average molecular weight is 371 g/mol. The zero-order valence-electron chi connectivity index (χ0n) is 16.7. The summed E-state index contributed by atoms with van der Waals surface area (Å²) >= 11 is 0. The molecule has 1 aromatic carbocycles. The Bertz CT molecular complexity index is 820. The maximum atomic E-state index is 13.0. The van der Waals surface area contributed by atoms with E-state index in [1.54, 1.807) is 43.7 Å². The van der Waals surface area contributed by atoms with Crippen molar-refractivity contribution in [3.8, 4) is 5.75 Å². The summed E-state index contributed by atoms with van der Waals surface area (Å²) in [6.07, 6.45) is 5.83. The highest BCUT2D eigenvalue weighted by Gasteiger charge is 2.25. The van der Waals surface area contributed by atoms with Crippen molar-refractivity contribution in [3.05, 3.63) is 52.3 Å². The molecular weight excluding hydrogens is 342 g/mol. The predicted octanol–water partition coefficient (Wildman–Crippen LogP) is 4.92. The molecule has 0 aliphatic carbocycles. The number of unbranched alkanes of at least 4 members (excludes halogenated alkanes) is 4. The molecule has 2 rings (SSSR count). The molecule has 27 heavy (non-hydrogen) atoms. The van der Waals surface area contributed by atoms with Crippen LogP contribution in [-0.4, -0.2) is 28.0 Å². The molecule has 0 aliphatic heterocycles. The van der Waals surface area contributed by atoms with Crippen LogP contribution in [0, 0.1) is 13.8 Å². The third-order valence-corrected chi connectivity index (χ3v) is 4.97. The highest BCUT2D eigenvalue weighted by molar-refractivity contribution is 6.12. The number of ether oxygens (including phenoxy) is 1. The molecule has 0 aliphatic rings. The van der Waals surface area contributed by atoms with Gasteiger partial charge in [-0.25, -0.2) is 4.79 Å². The maximum absolute atomic E-state index is 13.0. The van der Waals surface area contributed by atoms with Crippen molar-refractivity contribution < 1.29 is 19.4 Å². The van der Waals surface area contributed by atoms with Crippen LogP contribution >= 0.6 is 0 Å². The minimum Gasteiger partial charge on any atom is -0.494 e. The van der Waals surface area contributed by atoms with E-state index in [1.165, 1.54) is 19.3 Å². The van der Waals surface area contributed by atoms with Gasteiger partial charge < -0.3 is 14.4 Å². The third kappa shape index (κ3) is 4.79. The molecule has 0 radical (unpaired) electrons. The van der Waals surface area contributed by atoms with Gasteiger partial charge in [-0.1, -0.05) is 44.7 Å². The zero-order chi connectivity index (χ0) is 20.0. The lowest BCUT2D eigenvalue weighted by atomic mass is 9.99. The summed E-state index contributed by atoms with van der Waals surface area (Å²) in [4.78, 5) is 24.5. The first-order valence-corrected chi connectivity index (χ1v) is 9.55. The maximum Gasteiger partial charge on any atom is 0.352 e. The van der Waals surface area contributed by atoms with Crippen LogP contribution in [0.5, 0.6) is 5.75 Å². The number of rotatable bonds is 10. The summed E-state index contributed by atoms with van der Waals surface area (Å²) < 4.78 is 7.35. The van der Waals surface area contributed by atoms with E-state index in [2.05, 4.69) is 6.92 Å². The molecular formula is C22H29NO4. The Balaban J connectivity index is 2.14. The van der Waals surface area contributed by atoms with Crippen molar-refractivity contribution in [2.24, 2.45) is 7.05 Å². The van der Waals surface area contributed by atoms with E-state index in [-0.39, 0.29) is 11.5 Å². The molecule has 0 spiro atoms. The number of nitrogens with zero attached hydrogens (tertiary/aromatic N) is 1. The number of carbonyl (C=O) groups excluding carboxylic acids is 1. The van der Waals surface area contributed by atoms with Gasteiger partial charge in [-0.3, -0.25) is 4.79 Å². The zero-order valence-corrected chi connectivity index (χ0v) is 16.7. The SMILES string of the molecule is CCCCCCCOc1cccc(C(=O)c2c(C)c(C(=O)O)n(C)c2C)c1. The molecule has 0 unspecified atom stereocenters. The van der Waals surface area contributed by atoms with E-state index >= 15 is 0 Å². The van der Waals surface area contributed by atoms with Gasteiger partial charge in [-0.15, -0.1) is 0 Å². The third-order valence-electron chi connectivity index (χ3n) is 4.97. The minimum absolute atomic E-state index is 0.148. The van der Waals surface area contributed by atoms with E-state index < -0.39 is 5.97 Å². The summed E-state index contributed by atoms with van der Waals surface area (Å²) in [5.41, 5.74) is 2.25. The number of aromatic carboxylic acids is 1. The Labute approximate surface area is 161 Å². The fraction of sp³-hybridized carbons (Fsp3) is 0.455. The van der Waals surface area contributed by atoms with Crippen molar-refractivity contribution in [1.82, 2.24) is 4.57 Å². The second-order valence-electron chi connectivity index (χ2n) is 6.92. The number of carboxylic acids is 1. The number of hydrogen-bond acceptors (Lipinski definition) is 3. The van der Waals surface area contributed by atoms with Crippen molar-refractivity contribution in [2.45, 2.75) is 52.9 Å². The largest absolute Gasteiger partial charge is 0.494 e. The minimum atomic E-state index is -1.03. The number of ketones is 1. The molecule has 0 fully saturated rings. The van der Waals surface area contributed by atoms with Crippen LogP contribution in [-0.2, 0) is 7.05 Å². The molecule has 0 saturated carbocycles. The van der Waals surface area contributed by atoms with Crippen LogP contribution in [0.25, 0.3) is 0 Å². The van der Waals surface area contributed by atoms with Crippen molar-refractivity contribution in [1.29, 1.82) is 0 Å². The molecule has 1 aromatic heterocycles. The van der Waals surface area contributed by atoms with Crippen LogP contribution in [0.1, 0.15) is 76.7 Å². The topological polar surface area (TPSA) is 68.5 Å². The second-order valence-corrected chi connectivity index (χ2v) is 6.92.